The molecule has 0 unspecified atom stereocenters. The molecule has 7 heteroatoms. The molecule has 1 saturated carbocycles. The average molecular weight is 337 g/mol. The summed E-state index contributed by atoms with van der Waals surface area (Å²) in [5.74, 6) is 0.655. The van der Waals surface area contributed by atoms with Crippen LogP contribution >= 0.6 is 15.9 Å². The van der Waals surface area contributed by atoms with Crippen molar-refractivity contribution in [1.82, 2.24) is 9.88 Å². The summed E-state index contributed by atoms with van der Waals surface area (Å²) in [6, 6.07) is 0. The summed E-state index contributed by atoms with van der Waals surface area (Å²) in [7, 11) is -3.24. The zero-order valence-corrected chi connectivity index (χ0v) is 12.7. The first kappa shape index (κ1) is 14.0. The summed E-state index contributed by atoms with van der Waals surface area (Å²) in [5.41, 5.74) is 0.590. The van der Waals surface area contributed by atoms with Gasteiger partial charge in [0.2, 0.25) is 10.0 Å². The van der Waals surface area contributed by atoms with Crippen LogP contribution in [0.1, 0.15) is 43.6 Å². The van der Waals surface area contributed by atoms with Crippen molar-refractivity contribution in [2.24, 2.45) is 0 Å². The van der Waals surface area contributed by atoms with Crippen LogP contribution in [0.2, 0.25) is 0 Å². The van der Waals surface area contributed by atoms with E-state index in [1.54, 1.807) is 6.92 Å². The number of aryl methyl sites for hydroxylation is 1. The molecule has 1 aliphatic rings. The van der Waals surface area contributed by atoms with E-state index in [0.717, 1.165) is 36.6 Å². The van der Waals surface area contributed by atoms with Gasteiger partial charge in [-0.3, -0.25) is 0 Å². The zero-order chi connectivity index (χ0) is 13.2. The second kappa shape index (κ2) is 5.71. The van der Waals surface area contributed by atoms with Crippen molar-refractivity contribution in [3.8, 4) is 0 Å². The van der Waals surface area contributed by atoms with Crippen LogP contribution in [0.25, 0.3) is 0 Å². The summed E-state index contributed by atoms with van der Waals surface area (Å²) in [4.78, 5) is 0. The minimum atomic E-state index is -3.24. The van der Waals surface area contributed by atoms with E-state index in [4.69, 9.17) is 4.52 Å². The number of hydrogen-bond donors (Lipinski definition) is 1. The molecule has 0 aliphatic heterocycles. The molecule has 1 aliphatic carbocycles. The van der Waals surface area contributed by atoms with Gasteiger partial charge in [-0.25, -0.2) is 13.1 Å². The van der Waals surface area contributed by atoms with E-state index >= 15 is 0 Å². The lowest BCUT2D eigenvalue weighted by Gasteiger charge is -2.21. The van der Waals surface area contributed by atoms with Gasteiger partial charge in [-0.05, 0) is 35.7 Å². The molecule has 0 bridgehead atoms. The summed E-state index contributed by atoms with van der Waals surface area (Å²) in [6.07, 6.45) is 4.65. The van der Waals surface area contributed by atoms with Gasteiger partial charge < -0.3 is 4.52 Å². The third kappa shape index (κ3) is 3.13. The molecular formula is C11H17BrN2O3S. The van der Waals surface area contributed by atoms with E-state index in [1.165, 1.54) is 0 Å². The molecule has 5 nitrogen and oxygen atoms in total. The quantitative estimate of drug-likeness (QED) is 0.916. The molecule has 2 rings (SSSR count). The Labute approximate surface area is 115 Å². The average Bonchev–Trinajstić information content (AvgIpc) is 2.69. The van der Waals surface area contributed by atoms with Crippen molar-refractivity contribution < 1.29 is 12.9 Å². The van der Waals surface area contributed by atoms with Crippen LogP contribution in [-0.2, 0) is 16.6 Å². The predicted octanol–water partition coefficient (Wildman–Crippen LogP) is 2.50. The van der Waals surface area contributed by atoms with Gasteiger partial charge in [-0.1, -0.05) is 24.4 Å². The second-order valence-corrected chi connectivity index (χ2v) is 7.46. The fourth-order valence-electron chi connectivity index (χ4n) is 2.18. The molecule has 1 N–H and O–H groups in total. The van der Waals surface area contributed by atoms with E-state index in [-0.39, 0.29) is 11.8 Å². The lowest BCUT2D eigenvalue weighted by molar-refractivity contribution is 0.389. The Balaban J connectivity index is 1.98. The number of hydrogen-bond acceptors (Lipinski definition) is 4. The fourth-order valence-corrected chi connectivity index (χ4v) is 3.99. The number of rotatable bonds is 4. The van der Waals surface area contributed by atoms with Crippen molar-refractivity contribution in [2.75, 3.05) is 0 Å². The van der Waals surface area contributed by atoms with Crippen molar-refractivity contribution in [3.05, 3.63) is 15.9 Å². The van der Waals surface area contributed by atoms with Crippen molar-refractivity contribution in [1.29, 1.82) is 0 Å². The molecule has 0 aromatic carbocycles. The van der Waals surface area contributed by atoms with Crippen molar-refractivity contribution in [3.63, 3.8) is 0 Å². The van der Waals surface area contributed by atoms with Crippen LogP contribution in [0.4, 0.5) is 0 Å². The normalized spacial score (nSPS) is 18.1. The number of sulfonamides is 1. The highest BCUT2D eigenvalue weighted by atomic mass is 79.9. The lowest BCUT2D eigenvalue weighted by atomic mass is 10.0. The number of halogens is 1. The molecule has 0 spiro atoms. The van der Waals surface area contributed by atoms with Crippen molar-refractivity contribution >= 4 is 26.0 Å². The number of nitrogens with one attached hydrogen (secondary N) is 1. The molecule has 1 aromatic rings. The molecule has 1 aromatic heterocycles. The van der Waals surface area contributed by atoms with Gasteiger partial charge in [0.25, 0.3) is 0 Å². The van der Waals surface area contributed by atoms with Crippen LogP contribution in [-0.4, -0.2) is 18.8 Å². The lowest BCUT2D eigenvalue weighted by Crippen LogP contribution is -2.35. The molecular weight excluding hydrogens is 320 g/mol. The first-order valence-corrected chi connectivity index (χ1v) is 8.44. The van der Waals surface area contributed by atoms with Crippen molar-refractivity contribution in [2.45, 2.75) is 50.8 Å². The first-order chi connectivity index (χ1) is 8.50. The maximum absolute atomic E-state index is 12.1. The van der Waals surface area contributed by atoms with Crippen LogP contribution in [0.5, 0.6) is 0 Å². The highest BCUT2D eigenvalue weighted by molar-refractivity contribution is 9.10. The van der Waals surface area contributed by atoms with E-state index in [1.807, 2.05) is 0 Å². The van der Waals surface area contributed by atoms with E-state index in [0.29, 0.717) is 11.5 Å². The first-order valence-electron chi connectivity index (χ1n) is 6.10. The molecule has 1 fully saturated rings. The Morgan fingerprint density at radius 2 is 2.06 bits per heavy atom. The highest BCUT2D eigenvalue weighted by Gasteiger charge is 2.27. The largest absolute Gasteiger partial charge is 0.360 e. The Morgan fingerprint density at radius 3 is 2.61 bits per heavy atom. The molecule has 18 heavy (non-hydrogen) atoms. The smallest absolute Gasteiger partial charge is 0.214 e. The van der Waals surface area contributed by atoms with Gasteiger partial charge in [-0.15, -0.1) is 0 Å². The summed E-state index contributed by atoms with van der Waals surface area (Å²) < 4.78 is 32.5. The topological polar surface area (TPSA) is 72.2 Å². The molecule has 102 valence electrons. The van der Waals surface area contributed by atoms with E-state index in [2.05, 4.69) is 25.8 Å². The van der Waals surface area contributed by atoms with E-state index in [9.17, 15) is 8.42 Å². The molecule has 0 saturated heterocycles. The SMILES string of the molecule is Cc1onc(CNS(=O)(=O)C2CCCCC2)c1Br. The predicted molar refractivity (Wildman–Crippen MR) is 71.6 cm³/mol. The third-order valence-corrected chi connectivity index (χ3v) is 6.20. The maximum atomic E-state index is 12.1. The Morgan fingerprint density at radius 1 is 1.39 bits per heavy atom. The molecule has 0 amide bonds. The summed E-state index contributed by atoms with van der Waals surface area (Å²) in [5, 5.41) is 3.56. The Bertz CT molecular complexity index is 506. The highest BCUT2D eigenvalue weighted by Crippen LogP contribution is 2.24. The van der Waals surface area contributed by atoms with Gasteiger partial charge in [0.1, 0.15) is 11.5 Å². The minimum absolute atomic E-state index is 0.177. The van der Waals surface area contributed by atoms with E-state index < -0.39 is 10.0 Å². The van der Waals surface area contributed by atoms with Gasteiger partial charge in [0, 0.05) is 0 Å². The third-order valence-electron chi connectivity index (χ3n) is 3.29. The van der Waals surface area contributed by atoms with Gasteiger partial charge >= 0.3 is 0 Å². The van der Waals surface area contributed by atoms with Gasteiger partial charge in [0.05, 0.1) is 16.3 Å². The number of nitrogens with zero attached hydrogens (tertiary/aromatic N) is 1. The summed E-state index contributed by atoms with van der Waals surface area (Å²) in [6.45, 7) is 1.95. The Kier molecular flexibility index (Phi) is 4.45. The minimum Gasteiger partial charge on any atom is -0.360 e. The fraction of sp³-hybridized carbons (Fsp3) is 0.727. The number of aromatic nitrogens is 1. The standard InChI is InChI=1S/C11H17BrN2O3S/c1-8-11(12)10(14-17-8)7-13-18(15,16)9-5-3-2-4-6-9/h9,13H,2-7H2,1H3. The Hall–Kier alpha value is -0.400. The maximum Gasteiger partial charge on any atom is 0.214 e. The van der Waals surface area contributed by atoms with Crippen LogP contribution in [0.15, 0.2) is 9.00 Å². The van der Waals surface area contributed by atoms with Gasteiger partial charge in [0.15, 0.2) is 0 Å². The molecule has 0 atom stereocenters. The summed E-state index contributed by atoms with van der Waals surface area (Å²) >= 11 is 3.32. The monoisotopic (exact) mass is 336 g/mol. The molecule has 1 heterocycles. The van der Waals surface area contributed by atoms with Gasteiger partial charge in [-0.2, -0.15) is 0 Å². The zero-order valence-electron chi connectivity index (χ0n) is 10.3. The second-order valence-electron chi connectivity index (χ2n) is 4.63. The molecule has 0 radical (unpaired) electrons. The van der Waals surface area contributed by atoms with Crippen LogP contribution in [0, 0.1) is 6.92 Å². The van der Waals surface area contributed by atoms with Crippen LogP contribution in [0.3, 0.4) is 0 Å². The van der Waals surface area contributed by atoms with Crippen LogP contribution < -0.4 is 4.72 Å².